The van der Waals surface area contributed by atoms with Crippen LogP contribution in [0.2, 0.25) is 0 Å². The molecule has 1 aromatic heterocycles. The minimum absolute atomic E-state index is 0.319. The molecular formula is C19H24N4O. The Morgan fingerprint density at radius 1 is 1.29 bits per heavy atom. The third-order valence-corrected chi connectivity index (χ3v) is 4.68. The van der Waals surface area contributed by atoms with Crippen molar-refractivity contribution in [3.8, 4) is 17.5 Å². The molecule has 0 amide bonds. The Morgan fingerprint density at radius 2 is 2.04 bits per heavy atom. The molecule has 1 fully saturated rings. The van der Waals surface area contributed by atoms with Gasteiger partial charge in [0.05, 0.1) is 0 Å². The zero-order valence-electron chi connectivity index (χ0n) is 14.4. The van der Waals surface area contributed by atoms with E-state index in [2.05, 4.69) is 28.2 Å². The highest BCUT2D eigenvalue weighted by Crippen LogP contribution is 2.27. The van der Waals surface area contributed by atoms with E-state index in [0.717, 1.165) is 30.8 Å². The summed E-state index contributed by atoms with van der Waals surface area (Å²) in [5.41, 5.74) is 2.32. The van der Waals surface area contributed by atoms with E-state index in [-0.39, 0.29) is 0 Å². The van der Waals surface area contributed by atoms with Crippen LogP contribution in [-0.4, -0.2) is 35.6 Å². The van der Waals surface area contributed by atoms with Gasteiger partial charge in [0.25, 0.3) is 0 Å². The predicted molar refractivity (Wildman–Crippen MR) is 94.8 cm³/mol. The zero-order valence-corrected chi connectivity index (χ0v) is 14.4. The summed E-state index contributed by atoms with van der Waals surface area (Å²) in [6.45, 7) is 7.27. The first kappa shape index (κ1) is 16.5. The number of hydrogen-bond donors (Lipinski definition) is 1. The van der Waals surface area contributed by atoms with Crippen LogP contribution in [0.4, 0.5) is 5.88 Å². The normalized spacial score (nSPS) is 16.5. The van der Waals surface area contributed by atoms with Crippen molar-refractivity contribution in [3.05, 3.63) is 35.5 Å². The third kappa shape index (κ3) is 3.60. The molecule has 24 heavy (non-hydrogen) atoms. The summed E-state index contributed by atoms with van der Waals surface area (Å²) in [5, 5.41) is 12.6. The Morgan fingerprint density at radius 3 is 2.75 bits per heavy atom. The molecule has 1 aromatic carbocycles. The number of hydrogen-bond acceptors (Lipinski definition) is 5. The number of nitrogens with one attached hydrogen (secondary N) is 1. The van der Waals surface area contributed by atoms with Crippen LogP contribution in [0, 0.1) is 18.3 Å². The zero-order chi connectivity index (χ0) is 16.9. The van der Waals surface area contributed by atoms with Gasteiger partial charge in [0.15, 0.2) is 0 Å². The number of aryl methyl sites for hydroxylation is 1. The number of anilines is 1. The maximum atomic E-state index is 9.34. The van der Waals surface area contributed by atoms with E-state index in [1.54, 1.807) is 0 Å². The lowest BCUT2D eigenvalue weighted by atomic mass is 10.1. The summed E-state index contributed by atoms with van der Waals surface area (Å²) in [6, 6.07) is 10.4. The Kier molecular flexibility index (Phi) is 5.17. The Bertz CT molecular complexity index is 725. The number of benzene rings is 1. The van der Waals surface area contributed by atoms with E-state index < -0.39 is 0 Å². The molecule has 0 bridgehead atoms. The first-order chi connectivity index (χ1) is 11.7. The predicted octanol–water partition coefficient (Wildman–Crippen LogP) is 3.81. The van der Waals surface area contributed by atoms with Crippen LogP contribution < -0.4 is 5.32 Å². The molecular weight excluding hydrogens is 300 g/mol. The number of nitrogens with zero attached hydrogens (tertiary/aromatic N) is 3. The molecule has 5 heteroatoms. The molecule has 1 aliphatic heterocycles. The van der Waals surface area contributed by atoms with Crippen LogP contribution in [0.25, 0.3) is 11.5 Å². The number of nitriles is 1. The fraction of sp³-hybridized carbons (Fsp3) is 0.474. The lowest BCUT2D eigenvalue weighted by Crippen LogP contribution is -2.41. The minimum Gasteiger partial charge on any atom is -0.419 e. The lowest BCUT2D eigenvalue weighted by Gasteiger charge is -2.32. The second-order valence-corrected chi connectivity index (χ2v) is 6.45. The van der Waals surface area contributed by atoms with Gasteiger partial charge in [-0.3, -0.25) is 4.90 Å². The van der Waals surface area contributed by atoms with E-state index in [0.29, 0.717) is 23.5 Å². The number of rotatable bonds is 5. The fourth-order valence-corrected chi connectivity index (χ4v) is 3.17. The molecule has 0 spiro atoms. The molecule has 3 rings (SSSR count). The maximum absolute atomic E-state index is 9.34. The van der Waals surface area contributed by atoms with Crippen molar-refractivity contribution in [1.29, 1.82) is 5.26 Å². The summed E-state index contributed by atoms with van der Waals surface area (Å²) in [5.74, 6) is 0.970. The van der Waals surface area contributed by atoms with Crippen molar-refractivity contribution in [2.24, 2.45) is 0 Å². The monoisotopic (exact) mass is 324 g/mol. The van der Waals surface area contributed by atoms with E-state index in [9.17, 15) is 5.26 Å². The van der Waals surface area contributed by atoms with E-state index in [4.69, 9.17) is 4.42 Å². The highest BCUT2D eigenvalue weighted by atomic mass is 16.4. The van der Waals surface area contributed by atoms with Gasteiger partial charge in [-0.15, -0.1) is 0 Å². The van der Waals surface area contributed by atoms with Gasteiger partial charge in [-0.2, -0.15) is 10.2 Å². The van der Waals surface area contributed by atoms with E-state index in [1.165, 1.54) is 19.3 Å². The SMILES string of the molecule is Cc1ccccc1-c1nc(C#N)c(NC[C@@H](C)N2CCCCC2)o1. The quantitative estimate of drug-likeness (QED) is 0.906. The first-order valence-electron chi connectivity index (χ1n) is 8.64. The van der Waals surface area contributed by atoms with Gasteiger partial charge in [0.2, 0.25) is 17.5 Å². The second-order valence-electron chi connectivity index (χ2n) is 6.45. The van der Waals surface area contributed by atoms with Crippen LogP contribution in [0.15, 0.2) is 28.7 Å². The summed E-state index contributed by atoms with van der Waals surface area (Å²) in [7, 11) is 0. The van der Waals surface area contributed by atoms with Gasteiger partial charge in [0, 0.05) is 18.2 Å². The largest absolute Gasteiger partial charge is 0.419 e. The Labute approximate surface area is 143 Å². The summed E-state index contributed by atoms with van der Waals surface area (Å²) in [4.78, 5) is 6.83. The number of piperidine rings is 1. The number of oxazole rings is 1. The molecule has 1 N–H and O–H groups in total. The molecule has 0 saturated carbocycles. The van der Waals surface area contributed by atoms with Crippen LogP contribution in [0.1, 0.15) is 37.4 Å². The smallest absolute Gasteiger partial charge is 0.232 e. The van der Waals surface area contributed by atoms with Gasteiger partial charge in [-0.25, -0.2) is 0 Å². The van der Waals surface area contributed by atoms with Gasteiger partial charge in [0.1, 0.15) is 6.07 Å². The molecule has 1 atom stereocenters. The van der Waals surface area contributed by atoms with Crippen LogP contribution in [0.3, 0.4) is 0 Å². The van der Waals surface area contributed by atoms with E-state index >= 15 is 0 Å². The molecule has 5 nitrogen and oxygen atoms in total. The van der Waals surface area contributed by atoms with Crippen LogP contribution in [0.5, 0.6) is 0 Å². The highest BCUT2D eigenvalue weighted by Gasteiger charge is 2.19. The van der Waals surface area contributed by atoms with Gasteiger partial charge in [-0.1, -0.05) is 24.6 Å². The number of aromatic nitrogens is 1. The lowest BCUT2D eigenvalue weighted by molar-refractivity contribution is 0.180. The van der Waals surface area contributed by atoms with Crippen molar-refractivity contribution in [3.63, 3.8) is 0 Å². The first-order valence-corrected chi connectivity index (χ1v) is 8.64. The van der Waals surface area contributed by atoms with Crippen molar-refractivity contribution in [1.82, 2.24) is 9.88 Å². The highest BCUT2D eigenvalue weighted by molar-refractivity contribution is 5.62. The molecule has 0 unspecified atom stereocenters. The van der Waals surface area contributed by atoms with Crippen molar-refractivity contribution in [2.45, 2.75) is 39.2 Å². The standard InChI is InChI=1S/C19H24N4O/c1-14-8-4-5-9-16(14)18-22-17(12-20)19(24-18)21-13-15(2)23-10-6-3-7-11-23/h4-5,8-9,15,21H,3,6-7,10-11,13H2,1-2H3/t15-/m1/s1. The van der Waals surface area contributed by atoms with Crippen LogP contribution >= 0.6 is 0 Å². The fourth-order valence-electron chi connectivity index (χ4n) is 3.17. The van der Waals surface area contributed by atoms with Gasteiger partial charge in [-0.05, 0) is 51.4 Å². The van der Waals surface area contributed by atoms with Crippen LogP contribution in [-0.2, 0) is 0 Å². The van der Waals surface area contributed by atoms with Crippen molar-refractivity contribution < 1.29 is 4.42 Å². The average molecular weight is 324 g/mol. The van der Waals surface area contributed by atoms with Gasteiger partial charge >= 0.3 is 0 Å². The second kappa shape index (κ2) is 7.50. The van der Waals surface area contributed by atoms with Gasteiger partial charge < -0.3 is 9.73 Å². The molecule has 2 aromatic rings. The Hall–Kier alpha value is -2.32. The Balaban J connectivity index is 1.72. The molecule has 2 heterocycles. The van der Waals surface area contributed by atoms with E-state index in [1.807, 2.05) is 31.2 Å². The summed E-state index contributed by atoms with van der Waals surface area (Å²) in [6.07, 6.45) is 3.87. The van der Waals surface area contributed by atoms with Crippen molar-refractivity contribution >= 4 is 5.88 Å². The van der Waals surface area contributed by atoms with Crippen molar-refractivity contribution in [2.75, 3.05) is 25.0 Å². The summed E-state index contributed by atoms with van der Waals surface area (Å²) < 4.78 is 5.85. The topological polar surface area (TPSA) is 65.1 Å². The summed E-state index contributed by atoms with van der Waals surface area (Å²) >= 11 is 0. The third-order valence-electron chi connectivity index (χ3n) is 4.68. The molecule has 0 radical (unpaired) electrons. The maximum Gasteiger partial charge on any atom is 0.232 e. The molecule has 0 aliphatic carbocycles. The average Bonchev–Trinajstić information content (AvgIpc) is 3.04. The molecule has 1 aliphatic rings. The molecule has 1 saturated heterocycles. The minimum atomic E-state index is 0.319. The molecule has 126 valence electrons. The number of likely N-dealkylation sites (tertiary alicyclic amines) is 1.